The first-order valence-corrected chi connectivity index (χ1v) is 10.2. The van der Waals surface area contributed by atoms with Crippen LogP contribution in [0.3, 0.4) is 0 Å². The number of aliphatic hydroxyl groups excluding tert-OH is 1. The monoisotopic (exact) mass is 432 g/mol. The molecule has 10 nitrogen and oxygen atoms in total. The molecule has 2 amide bonds. The summed E-state index contributed by atoms with van der Waals surface area (Å²) in [5.41, 5.74) is -0.772. The van der Waals surface area contributed by atoms with Crippen LogP contribution < -0.4 is 5.32 Å². The second-order valence-corrected chi connectivity index (χ2v) is 7.88. The van der Waals surface area contributed by atoms with Gasteiger partial charge in [0.25, 0.3) is 16.0 Å². The van der Waals surface area contributed by atoms with Crippen LogP contribution in [0.1, 0.15) is 26.7 Å². The molecule has 0 saturated carbocycles. The van der Waals surface area contributed by atoms with Gasteiger partial charge in [0.05, 0.1) is 12.2 Å². The van der Waals surface area contributed by atoms with E-state index in [-0.39, 0.29) is 18.1 Å². The van der Waals surface area contributed by atoms with Gasteiger partial charge in [-0.1, -0.05) is 33.6 Å². The molecule has 1 atom stereocenters. The van der Waals surface area contributed by atoms with Crippen molar-refractivity contribution in [2.75, 3.05) is 19.8 Å². The largest absolute Gasteiger partial charge is 0.460 e. The van der Waals surface area contributed by atoms with E-state index in [1.54, 1.807) is 11.1 Å². The summed E-state index contributed by atoms with van der Waals surface area (Å²) in [6.07, 6.45) is 3.28. The molecule has 3 N–H and O–H groups in total. The summed E-state index contributed by atoms with van der Waals surface area (Å²) >= 11 is 0. The Morgan fingerprint density at radius 2 is 1.90 bits per heavy atom. The number of amides is 2. The summed E-state index contributed by atoms with van der Waals surface area (Å²) in [6, 6.07) is 0. The van der Waals surface area contributed by atoms with E-state index in [4.69, 9.17) is 9.66 Å². The molecule has 0 aromatic carbocycles. The molecule has 0 radical (unpaired) electrons. The van der Waals surface area contributed by atoms with Crippen molar-refractivity contribution in [3.63, 3.8) is 0 Å². The Hall–Kier alpha value is -2.50. The van der Waals surface area contributed by atoms with E-state index in [0.717, 1.165) is 13.0 Å². The topological polar surface area (TPSA) is 150 Å². The van der Waals surface area contributed by atoms with Crippen molar-refractivity contribution in [2.45, 2.75) is 32.1 Å². The fourth-order valence-corrected chi connectivity index (χ4v) is 3.09. The highest BCUT2D eigenvalue weighted by atomic mass is 32.2. The maximum atomic E-state index is 11.8. The molecule has 1 unspecified atom stereocenters. The van der Waals surface area contributed by atoms with Crippen molar-refractivity contribution in [3.05, 3.63) is 37.1 Å². The Balaban J connectivity index is 0.000000807. The van der Waals surface area contributed by atoms with Gasteiger partial charge in [-0.25, -0.2) is 4.79 Å². The van der Waals surface area contributed by atoms with E-state index in [1.807, 2.05) is 0 Å². The number of nitrogens with one attached hydrogen (secondary N) is 1. The summed E-state index contributed by atoms with van der Waals surface area (Å²) in [5, 5.41) is 9.03. The van der Waals surface area contributed by atoms with Gasteiger partial charge in [-0.15, -0.1) is 0 Å². The lowest BCUT2D eigenvalue weighted by molar-refractivity contribution is -0.140. The molecule has 0 bridgehead atoms. The zero-order valence-electron chi connectivity index (χ0n) is 16.6. The molecule has 11 heteroatoms. The molecule has 0 aromatic rings. The standard InChI is InChI=1S/C12H19NO7S.C6H9NO/c1-7(2)11(21(17,18)19)13-10(15)8(3)9(4)12(16)20-6-5-14;1-2-7-5-3-4-6(7)8/h7,11,14H,3-6H2,1-2H3,(H,13,15)(H,17,18,19);2H,1,3-5H2. The van der Waals surface area contributed by atoms with Crippen LogP contribution in [0.15, 0.2) is 37.1 Å². The average molecular weight is 432 g/mol. The van der Waals surface area contributed by atoms with E-state index >= 15 is 0 Å². The molecule has 1 saturated heterocycles. The highest BCUT2D eigenvalue weighted by Gasteiger charge is 2.30. The zero-order valence-corrected chi connectivity index (χ0v) is 17.4. The Kier molecular flexibility index (Phi) is 11.1. The molecule has 29 heavy (non-hydrogen) atoms. The van der Waals surface area contributed by atoms with Gasteiger partial charge in [-0.3, -0.25) is 14.1 Å². The maximum absolute atomic E-state index is 11.8. The van der Waals surface area contributed by atoms with Crippen molar-refractivity contribution in [1.29, 1.82) is 0 Å². The van der Waals surface area contributed by atoms with Crippen LogP contribution in [0.2, 0.25) is 0 Å². The molecular weight excluding hydrogens is 404 g/mol. The molecule has 0 spiro atoms. The van der Waals surface area contributed by atoms with E-state index in [0.29, 0.717) is 6.42 Å². The van der Waals surface area contributed by atoms with Gasteiger partial charge in [0.15, 0.2) is 5.37 Å². The molecule has 1 heterocycles. The van der Waals surface area contributed by atoms with Crippen molar-refractivity contribution >= 4 is 27.9 Å². The summed E-state index contributed by atoms with van der Waals surface area (Å²) < 4.78 is 35.9. The molecule has 1 aliphatic heterocycles. The smallest absolute Gasteiger partial charge is 0.338 e. The number of nitrogens with zero attached hydrogens (tertiary/aromatic N) is 1. The first-order valence-electron chi connectivity index (χ1n) is 8.72. The third kappa shape index (κ3) is 9.03. The van der Waals surface area contributed by atoms with Gasteiger partial charge in [-0.2, -0.15) is 8.42 Å². The number of likely N-dealkylation sites (tertiary alicyclic amines) is 1. The molecular formula is C18H28N2O8S. The number of ether oxygens (including phenoxy) is 1. The number of carbonyl (C=O) groups excluding carboxylic acids is 3. The van der Waals surface area contributed by atoms with Crippen LogP contribution in [-0.2, 0) is 29.2 Å². The fourth-order valence-electron chi connectivity index (χ4n) is 2.15. The van der Waals surface area contributed by atoms with Gasteiger partial charge in [0.2, 0.25) is 5.91 Å². The molecule has 1 aliphatic rings. The number of esters is 1. The number of hydrogen-bond acceptors (Lipinski definition) is 7. The SMILES string of the molecule is C=C(C(=C)C(=O)OCCO)C(=O)NC(C(C)C)S(=O)(=O)O.C=CN1CCCC1=O. The molecule has 164 valence electrons. The first kappa shape index (κ1) is 26.5. The van der Waals surface area contributed by atoms with E-state index in [1.165, 1.54) is 13.8 Å². The average Bonchev–Trinajstić information content (AvgIpc) is 3.06. The minimum atomic E-state index is -4.50. The minimum absolute atomic E-state index is 0.208. The number of hydrogen-bond donors (Lipinski definition) is 3. The van der Waals surface area contributed by atoms with Crippen molar-refractivity contribution in [1.82, 2.24) is 10.2 Å². The van der Waals surface area contributed by atoms with Crippen LogP contribution in [0.4, 0.5) is 0 Å². The van der Waals surface area contributed by atoms with Gasteiger partial charge in [0.1, 0.15) is 6.61 Å². The molecule has 0 aromatic heterocycles. The zero-order chi connectivity index (χ0) is 22.8. The second-order valence-electron chi connectivity index (χ2n) is 6.34. The maximum Gasteiger partial charge on any atom is 0.338 e. The van der Waals surface area contributed by atoms with E-state index < -0.39 is 45.5 Å². The Bertz CT molecular complexity index is 758. The lowest BCUT2D eigenvalue weighted by Crippen LogP contribution is -2.44. The third-order valence-corrected chi connectivity index (χ3v) is 5.04. The third-order valence-electron chi connectivity index (χ3n) is 3.74. The predicted octanol–water partition coefficient (Wildman–Crippen LogP) is 0.373. The molecule has 0 aliphatic carbocycles. The number of aliphatic hydroxyl groups is 1. The van der Waals surface area contributed by atoms with E-state index in [2.05, 4.69) is 29.8 Å². The van der Waals surface area contributed by atoms with Crippen molar-refractivity contribution < 1.29 is 37.2 Å². The van der Waals surface area contributed by atoms with Gasteiger partial charge in [0, 0.05) is 18.5 Å². The second kappa shape index (κ2) is 12.1. The summed E-state index contributed by atoms with van der Waals surface area (Å²) in [7, 11) is -4.50. The predicted molar refractivity (Wildman–Crippen MR) is 106 cm³/mol. The Labute approximate surface area is 170 Å². The fraction of sp³-hybridized carbons (Fsp3) is 0.500. The van der Waals surface area contributed by atoms with Crippen LogP contribution >= 0.6 is 0 Å². The molecule has 1 fully saturated rings. The summed E-state index contributed by atoms with van der Waals surface area (Å²) in [5.74, 6) is -2.33. The van der Waals surface area contributed by atoms with Crippen molar-refractivity contribution in [2.24, 2.45) is 5.92 Å². The molecule has 1 rings (SSSR count). The van der Waals surface area contributed by atoms with Crippen LogP contribution in [0, 0.1) is 5.92 Å². The summed E-state index contributed by atoms with van der Waals surface area (Å²) in [6.45, 7) is 13.3. The van der Waals surface area contributed by atoms with Crippen LogP contribution in [0.5, 0.6) is 0 Å². The van der Waals surface area contributed by atoms with Crippen molar-refractivity contribution in [3.8, 4) is 0 Å². The highest BCUT2D eigenvalue weighted by molar-refractivity contribution is 7.86. The minimum Gasteiger partial charge on any atom is -0.460 e. The van der Waals surface area contributed by atoms with Crippen LogP contribution in [0.25, 0.3) is 0 Å². The number of carbonyl (C=O) groups is 3. The summed E-state index contributed by atoms with van der Waals surface area (Å²) in [4.78, 5) is 35.6. The quantitative estimate of drug-likeness (QED) is 0.205. The Morgan fingerprint density at radius 3 is 2.24 bits per heavy atom. The normalized spacial score (nSPS) is 14.5. The lowest BCUT2D eigenvalue weighted by Gasteiger charge is -2.20. The van der Waals surface area contributed by atoms with Gasteiger partial charge < -0.3 is 20.1 Å². The van der Waals surface area contributed by atoms with Gasteiger partial charge >= 0.3 is 5.97 Å². The van der Waals surface area contributed by atoms with Gasteiger partial charge in [-0.05, 0) is 18.5 Å². The van der Waals surface area contributed by atoms with Crippen LogP contribution in [-0.4, -0.2) is 65.9 Å². The van der Waals surface area contributed by atoms with E-state index in [9.17, 15) is 22.8 Å². The Morgan fingerprint density at radius 1 is 1.31 bits per heavy atom. The number of rotatable bonds is 9. The highest BCUT2D eigenvalue weighted by Crippen LogP contribution is 2.12. The lowest BCUT2D eigenvalue weighted by atomic mass is 10.1. The first-order chi connectivity index (χ1) is 13.4.